The normalized spacial score (nSPS) is 29.5. The Balaban J connectivity index is 0. The monoisotopic (exact) mass is 161 g/mol. The molecule has 0 aromatic heterocycles. The Hall–Kier alpha value is -0.0800. The summed E-state index contributed by atoms with van der Waals surface area (Å²) in [5.41, 5.74) is 0. The quantitative estimate of drug-likeness (QED) is 0.576. The van der Waals surface area contributed by atoms with Crippen LogP contribution in [0.4, 0.5) is 0 Å². The molecule has 2 heteroatoms. The van der Waals surface area contributed by atoms with E-state index in [1.54, 1.807) is 0 Å². The highest BCUT2D eigenvalue weighted by Gasteiger charge is 2.14. The van der Waals surface area contributed by atoms with Crippen molar-refractivity contribution in [1.82, 2.24) is 5.32 Å². The Kier molecular flexibility index (Phi) is 9.85. The van der Waals surface area contributed by atoms with Gasteiger partial charge in [-0.1, -0.05) is 20.8 Å². The van der Waals surface area contributed by atoms with Gasteiger partial charge in [-0.25, -0.2) is 0 Å². The highest BCUT2D eigenvalue weighted by molar-refractivity contribution is 4.73. The lowest BCUT2D eigenvalue weighted by Crippen LogP contribution is -2.37. The van der Waals surface area contributed by atoms with E-state index >= 15 is 0 Å². The lowest BCUT2D eigenvalue weighted by atomic mass is 9.94. The van der Waals surface area contributed by atoms with Gasteiger partial charge >= 0.3 is 0 Å². The fourth-order valence-electron chi connectivity index (χ4n) is 1.20. The van der Waals surface area contributed by atoms with Gasteiger partial charge in [-0.05, 0) is 32.2 Å². The number of hydrogen-bond acceptors (Lipinski definition) is 1. The van der Waals surface area contributed by atoms with Crippen LogP contribution in [0.1, 0.15) is 40.5 Å². The average Bonchev–Trinajstić information content (AvgIpc) is 2.00. The molecule has 0 bridgehead atoms. The summed E-state index contributed by atoms with van der Waals surface area (Å²) >= 11 is 0. The first-order chi connectivity index (χ1) is 4.80. The molecule has 11 heavy (non-hydrogen) atoms. The van der Waals surface area contributed by atoms with E-state index in [9.17, 15) is 0 Å². The highest BCUT2D eigenvalue weighted by atomic mass is 16.0. The molecule has 1 saturated heterocycles. The molecule has 0 aliphatic carbocycles. The molecule has 2 atom stereocenters. The maximum atomic E-state index is 3.43. The van der Waals surface area contributed by atoms with Gasteiger partial charge < -0.3 is 10.8 Å². The van der Waals surface area contributed by atoms with Crippen molar-refractivity contribution in [3.63, 3.8) is 0 Å². The van der Waals surface area contributed by atoms with E-state index in [0.29, 0.717) is 0 Å². The molecule has 0 radical (unpaired) electrons. The van der Waals surface area contributed by atoms with Gasteiger partial charge in [0.05, 0.1) is 0 Å². The van der Waals surface area contributed by atoms with E-state index in [4.69, 9.17) is 0 Å². The standard InChI is InChI=1S/C7H15N.C2H6.H2O/c1-6-4-3-5-8-7(6)2;1-2;/h6-8H,3-5H2,1-2H3;1-2H3;1H2. The molecule has 3 N–H and O–H groups in total. The van der Waals surface area contributed by atoms with Crippen LogP contribution in [0.5, 0.6) is 0 Å². The van der Waals surface area contributed by atoms with E-state index in [1.165, 1.54) is 19.4 Å². The molecule has 1 fully saturated rings. The predicted octanol–water partition coefficient (Wildman–Crippen LogP) is 1.60. The first kappa shape index (κ1) is 13.5. The maximum Gasteiger partial charge on any atom is 0.00643 e. The van der Waals surface area contributed by atoms with Crippen molar-refractivity contribution in [3.8, 4) is 0 Å². The lowest BCUT2D eigenvalue weighted by Gasteiger charge is -2.26. The van der Waals surface area contributed by atoms with Gasteiger partial charge in [-0.15, -0.1) is 0 Å². The van der Waals surface area contributed by atoms with Crippen molar-refractivity contribution in [2.45, 2.75) is 46.6 Å². The van der Waals surface area contributed by atoms with Crippen LogP contribution in [-0.2, 0) is 0 Å². The molecule has 1 aliphatic heterocycles. The molecule has 0 saturated carbocycles. The minimum Gasteiger partial charge on any atom is -0.412 e. The summed E-state index contributed by atoms with van der Waals surface area (Å²) in [7, 11) is 0. The zero-order chi connectivity index (χ0) is 7.98. The summed E-state index contributed by atoms with van der Waals surface area (Å²) in [6, 6.07) is 0.753. The number of hydrogen-bond donors (Lipinski definition) is 1. The lowest BCUT2D eigenvalue weighted by molar-refractivity contribution is 0.319. The third kappa shape index (κ3) is 5.22. The summed E-state index contributed by atoms with van der Waals surface area (Å²) < 4.78 is 0. The van der Waals surface area contributed by atoms with Gasteiger partial charge in [-0.3, -0.25) is 0 Å². The van der Waals surface area contributed by atoms with E-state index in [1.807, 2.05) is 13.8 Å². The fourth-order valence-corrected chi connectivity index (χ4v) is 1.20. The SMILES string of the molecule is CC.CC1CCCNC1C.O. The van der Waals surface area contributed by atoms with Gasteiger partial charge in [0, 0.05) is 6.04 Å². The third-order valence-electron chi connectivity index (χ3n) is 2.16. The summed E-state index contributed by atoms with van der Waals surface area (Å²) in [4.78, 5) is 0. The molecular formula is C9H23NO. The van der Waals surface area contributed by atoms with Gasteiger partial charge in [0.2, 0.25) is 0 Å². The first-order valence-electron chi connectivity index (χ1n) is 4.54. The van der Waals surface area contributed by atoms with Crippen LogP contribution in [0.15, 0.2) is 0 Å². The van der Waals surface area contributed by atoms with Crippen molar-refractivity contribution in [2.24, 2.45) is 5.92 Å². The van der Waals surface area contributed by atoms with E-state index in [0.717, 1.165) is 12.0 Å². The summed E-state index contributed by atoms with van der Waals surface area (Å²) in [5, 5.41) is 3.43. The highest BCUT2D eigenvalue weighted by Crippen LogP contribution is 2.13. The maximum absolute atomic E-state index is 3.43. The van der Waals surface area contributed by atoms with Crippen LogP contribution in [0, 0.1) is 5.92 Å². The Bertz CT molecular complexity index is 66.0. The Morgan fingerprint density at radius 3 is 2.00 bits per heavy atom. The summed E-state index contributed by atoms with van der Waals surface area (Å²) in [5.74, 6) is 0.892. The average molecular weight is 161 g/mol. The molecule has 0 amide bonds. The molecule has 0 aromatic rings. The van der Waals surface area contributed by atoms with Crippen LogP contribution in [0.25, 0.3) is 0 Å². The number of nitrogens with one attached hydrogen (secondary N) is 1. The van der Waals surface area contributed by atoms with Crippen molar-refractivity contribution in [2.75, 3.05) is 6.54 Å². The van der Waals surface area contributed by atoms with Gasteiger partial charge in [0.1, 0.15) is 0 Å². The van der Waals surface area contributed by atoms with Crippen molar-refractivity contribution < 1.29 is 5.48 Å². The van der Waals surface area contributed by atoms with Crippen LogP contribution < -0.4 is 5.32 Å². The molecule has 0 aromatic carbocycles. The molecule has 2 nitrogen and oxygen atoms in total. The minimum absolute atomic E-state index is 0. The molecule has 1 rings (SSSR count). The van der Waals surface area contributed by atoms with E-state index in [2.05, 4.69) is 19.2 Å². The van der Waals surface area contributed by atoms with Crippen LogP contribution in [0.2, 0.25) is 0 Å². The Morgan fingerprint density at radius 2 is 1.73 bits per heavy atom. The second-order valence-corrected chi connectivity index (χ2v) is 2.86. The molecule has 0 spiro atoms. The third-order valence-corrected chi connectivity index (χ3v) is 2.16. The summed E-state index contributed by atoms with van der Waals surface area (Å²) in [6.07, 6.45) is 2.78. The van der Waals surface area contributed by atoms with Crippen LogP contribution in [-0.4, -0.2) is 18.1 Å². The second kappa shape index (κ2) is 8.02. The van der Waals surface area contributed by atoms with Gasteiger partial charge in [-0.2, -0.15) is 0 Å². The van der Waals surface area contributed by atoms with E-state index in [-0.39, 0.29) is 5.48 Å². The molecule has 70 valence electrons. The first-order valence-corrected chi connectivity index (χ1v) is 4.54. The second-order valence-electron chi connectivity index (χ2n) is 2.86. The fraction of sp³-hybridized carbons (Fsp3) is 1.00. The van der Waals surface area contributed by atoms with Crippen molar-refractivity contribution >= 4 is 0 Å². The molecular weight excluding hydrogens is 138 g/mol. The zero-order valence-electron chi connectivity index (χ0n) is 8.28. The molecule has 2 unspecified atom stereocenters. The largest absolute Gasteiger partial charge is 0.412 e. The van der Waals surface area contributed by atoms with Gasteiger partial charge in [0.25, 0.3) is 0 Å². The number of rotatable bonds is 0. The van der Waals surface area contributed by atoms with Crippen molar-refractivity contribution in [1.29, 1.82) is 0 Å². The van der Waals surface area contributed by atoms with Crippen LogP contribution >= 0.6 is 0 Å². The zero-order valence-corrected chi connectivity index (χ0v) is 8.28. The van der Waals surface area contributed by atoms with E-state index < -0.39 is 0 Å². The van der Waals surface area contributed by atoms with Crippen LogP contribution in [0.3, 0.4) is 0 Å². The minimum atomic E-state index is 0. The van der Waals surface area contributed by atoms with Gasteiger partial charge in [0.15, 0.2) is 0 Å². The molecule has 1 aliphatic rings. The molecule has 1 heterocycles. The smallest absolute Gasteiger partial charge is 0.00643 e. The van der Waals surface area contributed by atoms with Crippen molar-refractivity contribution in [3.05, 3.63) is 0 Å². The number of piperidine rings is 1. The topological polar surface area (TPSA) is 43.5 Å². The summed E-state index contributed by atoms with van der Waals surface area (Å²) in [6.45, 7) is 9.81. The predicted molar refractivity (Wildman–Crippen MR) is 50.8 cm³/mol. The Morgan fingerprint density at radius 1 is 1.18 bits per heavy atom. The Labute approximate surface area is 70.7 Å².